The van der Waals surface area contributed by atoms with Crippen molar-refractivity contribution >= 4 is 0 Å². The van der Waals surface area contributed by atoms with Crippen LogP contribution in [0.4, 0.5) is 0 Å². The van der Waals surface area contributed by atoms with Crippen LogP contribution in [0, 0.1) is 6.92 Å². The highest BCUT2D eigenvalue weighted by molar-refractivity contribution is 5.15. The summed E-state index contributed by atoms with van der Waals surface area (Å²) in [6.07, 6.45) is 1.85. The van der Waals surface area contributed by atoms with Crippen LogP contribution in [0.15, 0.2) is 6.20 Å². The van der Waals surface area contributed by atoms with Gasteiger partial charge in [-0.05, 0) is 6.92 Å². The lowest BCUT2D eigenvalue weighted by Gasteiger charge is -2.01. The SMILES string of the molecule is Cc1c(CNCCO)cnn1C. The van der Waals surface area contributed by atoms with Crippen LogP contribution in [0.5, 0.6) is 0 Å². The van der Waals surface area contributed by atoms with Crippen molar-refractivity contribution in [2.24, 2.45) is 7.05 Å². The normalized spacial score (nSPS) is 10.6. The number of rotatable bonds is 4. The van der Waals surface area contributed by atoms with Crippen LogP contribution in [0.2, 0.25) is 0 Å². The topological polar surface area (TPSA) is 50.1 Å². The van der Waals surface area contributed by atoms with Crippen LogP contribution in [-0.2, 0) is 13.6 Å². The van der Waals surface area contributed by atoms with E-state index in [0.717, 1.165) is 6.54 Å². The predicted octanol–water partition coefficient (Wildman–Crippen LogP) is -0.190. The predicted molar refractivity (Wildman–Crippen MR) is 46.7 cm³/mol. The molecule has 12 heavy (non-hydrogen) atoms. The van der Waals surface area contributed by atoms with Crippen molar-refractivity contribution < 1.29 is 5.11 Å². The molecule has 0 aromatic carbocycles. The third-order valence-corrected chi connectivity index (χ3v) is 1.94. The number of aryl methyl sites for hydroxylation is 1. The molecule has 1 rings (SSSR count). The van der Waals surface area contributed by atoms with Gasteiger partial charge in [0.2, 0.25) is 0 Å². The molecular formula is C8H15N3O. The first kappa shape index (κ1) is 9.22. The first-order valence-corrected chi connectivity index (χ1v) is 4.04. The van der Waals surface area contributed by atoms with E-state index >= 15 is 0 Å². The summed E-state index contributed by atoms with van der Waals surface area (Å²) in [5.41, 5.74) is 2.35. The van der Waals surface area contributed by atoms with Crippen molar-refractivity contribution in [2.45, 2.75) is 13.5 Å². The molecule has 0 amide bonds. The molecule has 2 N–H and O–H groups in total. The molecule has 0 fully saturated rings. The first-order valence-electron chi connectivity index (χ1n) is 4.04. The number of nitrogens with one attached hydrogen (secondary N) is 1. The van der Waals surface area contributed by atoms with Gasteiger partial charge in [0.1, 0.15) is 0 Å². The number of aliphatic hydroxyl groups excluding tert-OH is 1. The van der Waals surface area contributed by atoms with Gasteiger partial charge in [-0.2, -0.15) is 5.10 Å². The first-order chi connectivity index (χ1) is 5.75. The second-order valence-electron chi connectivity index (χ2n) is 2.78. The molecule has 0 unspecified atom stereocenters. The molecule has 0 spiro atoms. The number of hydrogen-bond acceptors (Lipinski definition) is 3. The Kier molecular flexibility index (Phi) is 3.25. The Bertz CT molecular complexity index is 244. The highest BCUT2D eigenvalue weighted by atomic mass is 16.3. The highest BCUT2D eigenvalue weighted by Gasteiger charge is 2.01. The molecule has 0 radical (unpaired) electrons. The third-order valence-electron chi connectivity index (χ3n) is 1.94. The lowest BCUT2D eigenvalue weighted by atomic mass is 10.2. The third kappa shape index (κ3) is 2.06. The number of aliphatic hydroxyl groups is 1. The molecule has 68 valence electrons. The van der Waals surface area contributed by atoms with Crippen LogP contribution in [-0.4, -0.2) is 28.0 Å². The van der Waals surface area contributed by atoms with Crippen molar-refractivity contribution in [2.75, 3.05) is 13.2 Å². The van der Waals surface area contributed by atoms with E-state index in [0.29, 0.717) is 6.54 Å². The summed E-state index contributed by atoms with van der Waals surface area (Å²) in [6.45, 7) is 3.62. The van der Waals surface area contributed by atoms with Crippen LogP contribution in [0.25, 0.3) is 0 Å². The Hall–Kier alpha value is -0.870. The smallest absolute Gasteiger partial charge is 0.0556 e. The zero-order valence-corrected chi connectivity index (χ0v) is 7.54. The number of nitrogens with zero attached hydrogens (tertiary/aromatic N) is 2. The van der Waals surface area contributed by atoms with E-state index in [1.807, 2.05) is 24.9 Å². The van der Waals surface area contributed by atoms with Gasteiger partial charge in [0.05, 0.1) is 12.8 Å². The second-order valence-corrected chi connectivity index (χ2v) is 2.78. The molecule has 0 aliphatic rings. The minimum Gasteiger partial charge on any atom is -0.395 e. The van der Waals surface area contributed by atoms with E-state index in [2.05, 4.69) is 10.4 Å². The Morgan fingerprint density at radius 2 is 2.42 bits per heavy atom. The molecule has 1 aromatic rings. The van der Waals surface area contributed by atoms with Gasteiger partial charge < -0.3 is 10.4 Å². The molecule has 4 nitrogen and oxygen atoms in total. The van der Waals surface area contributed by atoms with E-state index in [9.17, 15) is 0 Å². The minimum absolute atomic E-state index is 0.180. The Balaban J connectivity index is 2.46. The maximum atomic E-state index is 8.54. The van der Waals surface area contributed by atoms with Crippen molar-refractivity contribution in [1.29, 1.82) is 0 Å². The molecule has 0 aliphatic heterocycles. The lowest BCUT2D eigenvalue weighted by molar-refractivity contribution is 0.292. The van der Waals surface area contributed by atoms with Crippen LogP contribution >= 0.6 is 0 Å². The van der Waals surface area contributed by atoms with Crippen LogP contribution in [0.1, 0.15) is 11.3 Å². The van der Waals surface area contributed by atoms with Crippen molar-refractivity contribution in [3.05, 3.63) is 17.5 Å². The summed E-state index contributed by atoms with van der Waals surface area (Å²) in [5.74, 6) is 0. The second kappa shape index (κ2) is 4.23. The van der Waals surface area contributed by atoms with E-state index in [1.165, 1.54) is 11.3 Å². The summed E-state index contributed by atoms with van der Waals surface area (Å²) in [5, 5.41) is 15.7. The van der Waals surface area contributed by atoms with Crippen molar-refractivity contribution in [1.82, 2.24) is 15.1 Å². The van der Waals surface area contributed by atoms with Gasteiger partial charge in [0, 0.05) is 31.4 Å². The zero-order chi connectivity index (χ0) is 8.97. The Morgan fingerprint density at radius 1 is 1.67 bits per heavy atom. The summed E-state index contributed by atoms with van der Waals surface area (Å²) < 4.78 is 1.84. The minimum atomic E-state index is 0.180. The van der Waals surface area contributed by atoms with Gasteiger partial charge in [-0.15, -0.1) is 0 Å². The fourth-order valence-electron chi connectivity index (χ4n) is 1.02. The monoisotopic (exact) mass is 169 g/mol. The van der Waals surface area contributed by atoms with Crippen LogP contribution < -0.4 is 5.32 Å². The van der Waals surface area contributed by atoms with Gasteiger partial charge in [-0.3, -0.25) is 4.68 Å². The zero-order valence-electron chi connectivity index (χ0n) is 7.54. The highest BCUT2D eigenvalue weighted by Crippen LogP contribution is 2.03. The molecule has 0 atom stereocenters. The maximum absolute atomic E-state index is 8.54. The van der Waals surface area contributed by atoms with E-state index < -0.39 is 0 Å². The molecule has 0 saturated carbocycles. The van der Waals surface area contributed by atoms with E-state index in [-0.39, 0.29) is 6.61 Å². The molecule has 1 heterocycles. The molecule has 1 aromatic heterocycles. The van der Waals surface area contributed by atoms with E-state index in [4.69, 9.17) is 5.11 Å². The lowest BCUT2D eigenvalue weighted by Crippen LogP contribution is -2.17. The van der Waals surface area contributed by atoms with Gasteiger partial charge >= 0.3 is 0 Å². The van der Waals surface area contributed by atoms with E-state index in [1.54, 1.807) is 0 Å². The average molecular weight is 169 g/mol. The summed E-state index contributed by atoms with van der Waals surface area (Å²) in [6, 6.07) is 0. The number of aromatic nitrogens is 2. The summed E-state index contributed by atoms with van der Waals surface area (Å²) >= 11 is 0. The standard InChI is InChI=1S/C8H15N3O/c1-7-8(5-9-3-4-12)6-10-11(7)2/h6,9,12H,3-5H2,1-2H3. The fraction of sp³-hybridized carbons (Fsp3) is 0.625. The van der Waals surface area contributed by atoms with Gasteiger partial charge in [-0.25, -0.2) is 0 Å². The van der Waals surface area contributed by atoms with Crippen molar-refractivity contribution in [3.63, 3.8) is 0 Å². The molecule has 0 saturated heterocycles. The average Bonchev–Trinajstić information content (AvgIpc) is 2.36. The molecule has 0 aliphatic carbocycles. The molecule has 4 heteroatoms. The van der Waals surface area contributed by atoms with Gasteiger partial charge in [0.15, 0.2) is 0 Å². The largest absolute Gasteiger partial charge is 0.395 e. The Labute approximate surface area is 72.2 Å². The fourth-order valence-corrected chi connectivity index (χ4v) is 1.02. The maximum Gasteiger partial charge on any atom is 0.0556 e. The van der Waals surface area contributed by atoms with Crippen LogP contribution in [0.3, 0.4) is 0 Å². The quantitative estimate of drug-likeness (QED) is 0.614. The summed E-state index contributed by atoms with van der Waals surface area (Å²) in [7, 11) is 1.92. The molecule has 0 bridgehead atoms. The Morgan fingerprint density at radius 3 is 2.92 bits per heavy atom. The molecular weight excluding hydrogens is 154 g/mol. The van der Waals surface area contributed by atoms with Gasteiger partial charge in [-0.1, -0.05) is 0 Å². The van der Waals surface area contributed by atoms with Crippen molar-refractivity contribution in [3.8, 4) is 0 Å². The number of hydrogen-bond donors (Lipinski definition) is 2. The summed E-state index contributed by atoms with van der Waals surface area (Å²) in [4.78, 5) is 0. The van der Waals surface area contributed by atoms with Gasteiger partial charge in [0.25, 0.3) is 0 Å².